The first-order valence-corrected chi connectivity index (χ1v) is 13.0. The first-order chi connectivity index (χ1) is 19.0. The lowest BCUT2D eigenvalue weighted by Gasteiger charge is -2.22. The van der Waals surface area contributed by atoms with Crippen LogP contribution in [0.2, 0.25) is 5.02 Å². The lowest BCUT2D eigenvalue weighted by Crippen LogP contribution is -2.37. The van der Waals surface area contributed by atoms with Crippen LogP contribution in [0.3, 0.4) is 0 Å². The molecule has 0 aliphatic heterocycles. The minimum absolute atomic E-state index is 0.0704. The fourth-order valence-electron chi connectivity index (χ4n) is 4.08. The summed E-state index contributed by atoms with van der Waals surface area (Å²) in [6, 6.07) is 19.3. The van der Waals surface area contributed by atoms with Gasteiger partial charge in [-0.15, -0.1) is 0 Å². The standard InChI is InChI=1S/C30H29ClN4O4/c1-2-16-35(17-13-21-11-14-32-15-12-21)29(37)20-39-28-10-8-23(24-5-3-4-6-25(24)28)19-33-34-30(38)22-7-9-27(36)26(31)18-22/h3-12,14-15,18-19,36H,2,13,16-17,20H2,1H3,(H,34,38). The van der Waals surface area contributed by atoms with Crippen molar-refractivity contribution in [3.05, 3.63) is 101 Å². The number of hydrogen-bond donors (Lipinski definition) is 2. The van der Waals surface area contributed by atoms with E-state index in [2.05, 4.69) is 15.5 Å². The molecule has 9 heteroatoms. The van der Waals surface area contributed by atoms with Crippen LogP contribution in [0, 0.1) is 0 Å². The number of phenols is 1. The second kappa shape index (κ2) is 13.4. The number of rotatable bonds is 11. The first kappa shape index (κ1) is 27.6. The first-order valence-electron chi connectivity index (χ1n) is 12.6. The molecule has 39 heavy (non-hydrogen) atoms. The number of nitrogens with zero attached hydrogens (tertiary/aromatic N) is 3. The molecule has 0 saturated heterocycles. The molecule has 0 saturated carbocycles. The summed E-state index contributed by atoms with van der Waals surface area (Å²) < 4.78 is 5.99. The van der Waals surface area contributed by atoms with E-state index in [1.165, 1.54) is 18.2 Å². The van der Waals surface area contributed by atoms with Gasteiger partial charge in [0.25, 0.3) is 11.8 Å². The molecule has 4 rings (SSSR count). The van der Waals surface area contributed by atoms with Gasteiger partial charge >= 0.3 is 0 Å². The normalized spacial score (nSPS) is 11.0. The fraction of sp³-hybridized carbons (Fsp3) is 0.200. The summed E-state index contributed by atoms with van der Waals surface area (Å²) in [4.78, 5) is 31.2. The van der Waals surface area contributed by atoms with Crippen LogP contribution in [0.5, 0.6) is 11.5 Å². The van der Waals surface area contributed by atoms with Crippen LogP contribution in [0.4, 0.5) is 0 Å². The maximum Gasteiger partial charge on any atom is 0.271 e. The van der Waals surface area contributed by atoms with Crippen LogP contribution in [0.1, 0.15) is 34.8 Å². The monoisotopic (exact) mass is 544 g/mol. The minimum Gasteiger partial charge on any atom is -0.506 e. The van der Waals surface area contributed by atoms with Gasteiger partial charge in [-0.25, -0.2) is 5.43 Å². The topological polar surface area (TPSA) is 104 Å². The Morgan fingerprint density at radius 1 is 1.05 bits per heavy atom. The number of ether oxygens (including phenoxy) is 1. The Bertz CT molecular complexity index is 1480. The fourth-order valence-corrected chi connectivity index (χ4v) is 4.26. The molecule has 1 heterocycles. The quantitative estimate of drug-likeness (QED) is 0.199. The molecule has 0 unspecified atom stereocenters. The second-order valence-electron chi connectivity index (χ2n) is 8.84. The zero-order chi connectivity index (χ0) is 27.6. The maximum atomic E-state index is 13.0. The third-order valence-electron chi connectivity index (χ3n) is 6.11. The molecular formula is C30H29ClN4O4. The van der Waals surface area contributed by atoms with E-state index in [4.69, 9.17) is 16.3 Å². The van der Waals surface area contributed by atoms with Crippen LogP contribution in [0.25, 0.3) is 10.8 Å². The Balaban J connectivity index is 1.42. The average molecular weight is 545 g/mol. The number of aromatic hydroxyl groups is 1. The van der Waals surface area contributed by atoms with E-state index in [0.29, 0.717) is 18.8 Å². The predicted octanol–water partition coefficient (Wildman–Crippen LogP) is 5.22. The summed E-state index contributed by atoms with van der Waals surface area (Å²) in [6.07, 6.45) is 6.66. The van der Waals surface area contributed by atoms with E-state index >= 15 is 0 Å². The zero-order valence-corrected chi connectivity index (χ0v) is 22.3. The molecule has 0 radical (unpaired) electrons. The molecule has 8 nitrogen and oxygen atoms in total. The number of carbonyl (C=O) groups is 2. The Labute approximate surface area is 231 Å². The van der Waals surface area contributed by atoms with E-state index in [1.54, 1.807) is 24.7 Å². The molecule has 0 aliphatic rings. The Hall–Kier alpha value is -4.43. The average Bonchev–Trinajstić information content (AvgIpc) is 2.96. The van der Waals surface area contributed by atoms with Gasteiger partial charge in [0.15, 0.2) is 6.61 Å². The number of nitrogens with one attached hydrogen (secondary N) is 1. The van der Waals surface area contributed by atoms with E-state index in [1.807, 2.05) is 54.3 Å². The molecule has 0 atom stereocenters. The van der Waals surface area contributed by atoms with Gasteiger partial charge in [0.05, 0.1) is 11.2 Å². The molecule has 4 aromatic rings. The number of carbonyl (C=O) groups excluding carboxylic acids is 2. The van der Waals surface area contributed by atoms with E-state index in [0.717, 1.165) is 34.7 Å². The molecule has 200 valence electrons. The van der Waals surface area contributed by atoms with Crippen molar-refractivity contribution in [1.29, 1.82) is 0 Å². The molecule has 1 aromatic heterocycles. The van der Waals surface area contributed by atoms with Crippen LogP contribution >= 0.6 is 11.6 Å². The SMILES string of the molecule is CCCN(CCc1ccncc1)C(=O)COc1ccc(C=NNC(=O)c2ccc(O)c(Cl)c2)c2ccccc12. The van der Waals surface area contributed by atoms with Crippen molar-refractivity contribution in [2.45, 2.75) is 19.8 Å². The Kier molecular flexibility index (Phi) is 9.48. The number of benzene rings is 3. The van der Waals surface area contributed by atoms with Gasteiger partial charge in [-0.2, -0.15) is 5.10 Å². The predicted molar refractivity (Wildman–Crippen MR) is 152 cm³/mol. The summed E-state index contributed by atoms with van der Waals surface area (Å²) in [6.45, 7) is 3.24. The summed E-state index contributed by atoms with van der Waals surface area (Å²) in [5, 5.41) is 15.4. The molecule has 0 fully saturated rings. The molecule has 2 N–H and O–H groups in total. The summed E-state index contributed by atoms with van der Waals surface area (Å²) in [5.41, 5.74) is 4.63. The molecule has 0 bridgehead atoms. The molecule has 0 spiro atoms. The van der Waals surface area contributed by atoms with Gasteiger partial charge < -0.3 is 14.7 Å². The smallest absolute Gasteiger partial charge is 0.271 e. The number of phenolic OH excluding ortho intramolecular Hbond substituents is 1. The van der Waals surface area contributed by atoms with Gasteiger partial charge in [0, 0.05) is 42.0 Å². The van der Waals surface area contributed by atoms with Crippen LogP contribution in [-0.2, 0) is 11.2 Å². The van der Waals surface area contributed by atoms with Crippen LogP contribution < -0.4 is 10.2 Å². The third-order valence-corrected chi connectivity index (χ3v) is 6.42. The minimum atomic E-state index is -0.462. The van der Waals surface area contributed by atoms with Crippen molar-refractivity contribution in [3.8, 4) is 11.5 Å². The van der Waals surface area contributed by atoms with Crippen LogP contribution in [0.15, 0.2) is 84.2 Å². The zero-order valence-electron chi connectivity index (χ0n) is 21.5. The number of hydrogen-bond acceptors (Lipinski definition) is 6. The van der Waals surface area contributed by atoms with E-state index < -0.39 is 5.91 Å². The lowest BCUT2D eigenvalue weighted by atomic mass is 10.0. The number of pyridine rings is 1. The second-order valence-corrected chi connectivity index (χ2v) is 9.25. The number of hydrazone groups is 1. The third kappa shape index (κ3) is 7.33. The Morgan fingerprint density at radius 3 is 2.56 bits per heavy atom. The highest BCUT2D eigenvalue weighted by molar-refractivity contribution is 6.32. The number of halogens is 1. The maximum absolute atomic E-state index is 13.0. The van der Waals surface area contributed by atoms with Gasteiger partial charge in [-0.1, -0.05) is 42.8 Å². The van der Waals surface area contributed by atoms with E-state index in [9.17, 15) is 14.7 Å². The van der Waals surface area contributed by atoms with E-state index in [-0.39, 0.29) is 28.8 Å². The summed E-state index contributed by atoms with van der Waals surface area (Å²) in [7, 11) is 0. The Morgan fingerprint density at radius 2 is 1.82 bits per heavy atom. The van der Waals surface area contributed by atoms with Crippen molar-refractivity contribution >= 4 is 40.4 Å². The number of fused-ring (bicyclic) bond motifs is 1. The van der Waals surface area contributed by atoms with Crippen molar-refractivity contribution in [1.82, 2.24) is 15.3 Å². The molecule has 0 aliphatic carbocycles. The highest BCUT2D eigenvalue weighted by Crippen LogP contribution is 2.28. The highest BCUT2D eigenvalue weighted by atomic mass is 35.5. The number of aromatic nitrogens is 1. The van der Waals surface area contributed by atoms with Crippen LogP contribution in [-0.4, -0.2) is 52.7 Å². The molecule has 2 amide bonds. The van der Waals surface area contributed by atoms with Gasteiger partial charge in [0.1, 0.15) is 11.5 Å². The molecule has 3 aromatic carbocycles. The van der Waals surface area contributed by atoms with Gasteiger partial charge in [-0.3, -0.25) is 14.6 Å². The summed E-state index contributed by atoms with van der Waals surface area (Å²) >= 11 is 5.88. The highest BCUT2D eigenvalue weighted by Gasteiger charge is 2.15. The van der Waals surface area contributed by atoms with Crippen molar-refractivity contribution in [2.24, 2.45) is 5.10 Å². The van der Waals surface area contributed by atoms with Crippen molar-refractivity contribution in [3.63, 3.8) is 0 Å². The van der Waals surface area contributed by atoms with Gasteiger partial charge in [0.2, 0.25) is 0 Å². The van der Waals surface area contributed by atoms with Crippen molar-refractivity contribution < 1.29 is 19.4 Å². The molecular weight excluding hydrogens is 516 g/mol. The van der Waals surface area contributed by atoms with Gasteiger partial charge in [-0.05, 0) is 66.3 Å². The van der Waals surface area contributed by atoms with Crippen molar-refractivity contribution in [2.75, 3.05) is 19.7 Å². The summed E-state index contributed by atoms with van der Waals surface area (Å²) in [5.74, 6) is -0.0474. The number of amides is 2. The largest absolute Gasteiger partial charge is 0.506 e. The lowest BCUT2D eigenvalue weighted by molar-refractivity contribution is -0.133.